The topological polar surface area (TPSA) is 0 Å². The van der Waals surface area contributed by atoms with Gasteiger partial charge >= 0.3 is 0 Å². The Morgan fingerprint density at radius 3 is 2.38 bits per heavy atom. The van der Waals surface area contributed by atoms with Crippen LogP contribution < -0.4 is 0 Å². The minimum absolute atomic E-state index is 0. The SMILES string of the molecule is C=CCCC1=[C-]CC=C1.Cl.Cl.Cl.[Zr]. The molecular weight excluding hydrogens is 306 g/mol. The smallest absolute Gasteiger partial charge is 0 e. The first-order valence-corrected chi connectivity index (χ1v) is 3.30. The largest absolute Gasteiger partial charge is 0.269 e. The van der Waals surface area contributed by atoms with Crippen LogP contribution in [0.3, 0.4) is 0 Å². The summed E-state index contributed by atoms with van der Waals surface area (Å²) in [7, 11) is 0. The van der Waals surface area contributed by atoms with E-state index in [0.717, 1.165) is 19.3 Å². The Morgan fingerprint density at radius 2 is 2.00 bits per heavy atom. The standard InChI is InChI=1S/C9H11.3ClH.Zr/c1-2-3-6-9-7-4-5-8-9;;;;/h2,4,7H,1,3,5-6H2;3*1H;/q-1;;;;. The van der Waals surface area contributed by atoms with Gasteiger partial charge < -0.3 is 0 Å². The van der Waals surface area contributed by atoms with Crippen LogP contribution in [0.1, 0.15) is 19.3 Å². The van der Waals surface area contributed by atoms with Gasteiger partial charge in [-0.1, -0.05) is 12.5 Å². The molecule has 1 aliphatic rings. The Hall–Kier alpha value is 0.973. The summed E-state index contributed by atoms with van der Waals surface area (Å²) in [5, 5.41) is 0. The molecule has 0 bridgehead atoms. The van der Waals surface area contributed by atoms with Gasteiger partial charge in [0.2, 0.25) is 0 Å². The van der Waals surface area contributed by atoms with Gasteiger partial charge in [0, 0.05) is 26.2 Å². The Labute approximate surface area is 118 Å². The van der Waals surface area contributed by atoms with Crippen molar-refractivity contribution in [3.63, 3.8) is 0 Å². The van der Waals surface area contributed by atoms with E-state index in [1.807, 2.05) is 6.08 Å². The van der Waals surface area contributed by atoms with Crippen LogP contribution >= 0.6 is 37.2 Å². The van der Waals surface area contributed by atoms with Gasteiger partial charge in [-0.2, -0.15) is 6.08 Å². The van der Waals surface area contributed by atoms with Crippen LogP contribution in [0.4, 0.5) is 0 Å². The van der Waals surface area contributed by atoms with Crippen molar-refractivity contribution in [3.05, 3.63) is 36.5 Å². The van der Waals surface area contributed by atoms with E-state index >= 15 is 0 Å². The molecule has 0 fully saturated rings. The predicted octanol–water partition coefficient (Wildman–Crippen LogP) is 3.90. The molecule has 0 heterocycles. The monoisotopic (exact) mass is 317 g/mol. The van der Waals surface area contributed by atoms with Crippen LogP contribution in [0.5, 0.6) is 0 Å². The number of halogens is 3. The Balaban J connectivity index is -0.000000101. The molecule has 0 saturated carbocycles. The summed E-state index contributed by atoms with van der Waals surface area (Å²) in [6.45, 7) is 3.66. The van der Waals surface area contributed by atoms with Crippen LogP contribution in [0.15, 0.2) is 30.4 Å². The molecule has 1 rings (SSSR count). The third-order valence-corrected chi connectivity index (χ3v) is 1.38. The van der Waals surface area contributed by atoms with Crippen LogP contribution in [0, 0.1) is 6.08 Å². The van der Waals surface area contributed by atoms with Crippen molar-refractivity contribution in [2.24, 2.45) is 0 Å². The van der Waals surface area contributed by atoms with Gasteiger partial charge in [0.1, 0.15) is 0 Å². The number of allylic oxidation sites excluding steroid dienone is 5. The van der Waals surface area contributed by atoms with E-state index in [-0.39, 0.29) is 63.4 Å². The normalized spacial score (nSPS) is 10.9. The fourth-order valence-electron chi connectivity index (χ4n) is 0.879. The molecule has 0 aromatic heterocycles. The van der Waals surface area contributed by atoms with Gasteiger partial charge in [0.05, 0.1) is 0 Å². The number of rotatable bonds is 3. The molecule has 0 unspecified atom stereocenters. The fourth-order valence-corrected chi connectivity index (χ4v) is 0.879. The molecule has 0 atom stereocenters. The average Bonchev–Trinajstić information content (AvgIpc) is 2.34. The Bertz CT molecular complexity index is 164. The molecule has 1 aliphatic carbocycles. The van der Waals surface area contributed by atoms with Gasteiger partial charge in [-0.25, -0.2) is 11.6 Å². The van der Waals surface area contributed by atoms with E-state index in [1.54, 1.807) is 0 Å². The molecule has 0 saturated heterocycles. The van der Waals surface area contributed by atoms with Crippen LogP contribution in [0.2, 0.25) is 0 Å². The molecule has 0 spiro atoms. The van der Waals surface area contributed by atoms with E-state index < -0.39 is 0 Å². The summed E-state index contributed by atoms with van der Waals surface area (Å²) in [4.78, 5) is 0. The first-order chi connectivity index (χ1) is 4.43. The van der Waals surface area contributed by atoms with Gasteiger partial charge in [0.25, 0.3) is 0 Å². The van der Waals surface area contributed by atoms with Crippen molar-refractivity contribution >= 4 is 37.2 Å². The van der Waals surface area contributed by atoms with E-state index in [2.05, 4.69) is 24.8 Å². The van der Waals surface area contributed by atoms with Crippen molar-refractivity contribution in [2.45, 2.75) is 19.3 Å². The van der Waals surface area contributed by atoms with Crippen molar-refractivity contribution in [1.29, 1.82) is 0 Å². The third-order valence-electron chi connectivity index (χ3n) is 1.38. The maximum Gasteiger partial charge on any atom is 0 e. The fraction of sp³-hybridized carbons (Fsp3) is 0.333. The van der Waals surface area contributed by atoms with E-state index in [1.165, 1.54) is 5.57 Å². The van der Waals surface area contributed by atoms with E-state index in [9.17, 15) is 0 Å². The summed E-state index contributed by atoms with van der Waals surface area (Å²) in [5.74, 6) is 0. The summed E-state index contributed by atoms with van der Waals surface area (Å²) in [6, 6.07) is 0. The van der Waals surface area contributed by atoms with Crippen LogP contribution in [0.25, 0.3) is 0 Å². The molecular formula is C9H14Cl3Zr-. The molecule has 13 heavy (non-hydrogen) atoms. The average molecular weight is 320 g/mol. The van der Waals surface area contributed by atoms with Crippen molar-refractivity contribution < 1.29 is 26.2 Å². The second-order valence-corrected chi connectivity index (χ2v) is 2.14. The van der Waals surface area contributed by atoms with Crippen LogP contribution in [-0.4, -0.2) is 0 Å². The van der Waals surface area contributed by atoms with Gasteiger partial charge in [-0.05, 0) is 6.42 Å². The quantitative estimate of drug-likeness (QED) is 0.546. The van der Waals surface area contributed by atoms with E-state index in [0.29, 0.717) is 0 Å². The van der Waals surface area contributed by atoms with Crippen LogP contribution in [-0.2, 0) is 26.2 Å². The molecule has 0 aromatic rings. The zero-order valence-electron chi connectivity index (χ0n) is 7.29. The molecule has 0 amide bonds. The minimum atomic E-state index is 0. The molecule has 0 N–H and O–H groups in total. The maximum atomic E-state index is 3.66. The van der Waals surface area contributed by atoms with Crippen molar-refractivity contribution in [1.82, 2.24) is 0 Å². The molecule has 0 aliphatic heterocycles. The predicted molar refractivity (Wildman–Crippen MR) is 61.7 cm³/mol. The first-order valence-electron chi connectivity index (χ1n) is 3.30. The summed E-state index contributed by atoms with van der Waals surface area (Å²) in [5.41, 5.74) is 1.34. The molecule has 0 nitrogen and oxygen atoms in total. The van der Waals surface area contributed by atoms with Gasteiger partial charge in [0.15, 0.2) is 0 Å². The third kappa shape index (κ3) is 10.9. The summed E-state index contributed by atoms with van der Waals surface area (Å²) < 4.78 is 0. The Kier molecular flexibility index (Phi) is 28.1. The van der Waals surface area contributed by atoms with Crippen molar-refractivity contribution in [3.8, 4) is 0 Å². The van der Waals surface area contributed by atoms with E-state index in [4.69, 9.17) is 0 Å². The second kappa shape index (κ2) is 15.4. The summed E-state index contributed by atoms with van der Waals surface area (Å²) >= 11 is 0. The number of hydrogen-bond donors (Lipinski definition) is 0. The van der Waals surface area contributed by atoms with Gasteiger partial charge in [-0.15, -0.1) is 50.2 Å². The molecule has 0 radical (unpaired) electrons. The van der Waals surface area contributed by atoms with Crippen molar-refractivity contribution in [2.75, 3.05) is 0 Å². The maximum absolute atomic E-state index is 3.66. The zero-order chi connectivity index (χ0) is 6.53. The summed E-state index contributed by atoms with van der Waals surface area (Å²) in [6.07, 6.45) is 12.7. The minimum Gasteiger partial charge on any atom is -0.269 e. The molecule has 4 heteroatoms. The Morgan fingerprint density at radius 1 is 1.38 bits per heavy atom. The van der Waals surface area contributed by atoms with Gasteiger partial charge in [-0.3, -0.25) is 6.08 Å². The second-order valence-electron chi connectivity index (χ2n) is 2.14. The first kappa shape index (κ1) is 23.6. The molecule has 76 valence electrons. The zero-order valence-corrected chi connectivity index (χ0v) is 12.2. The molecule has 0 aromatic carbocycles. The number of hydrogen-bond acceptors (Lipinski definition) is 0.